The number of hydrogen-bond donors (Lipinski definition) is 0. The Morgan fingerprint density at radius 1 is 1.04 bits per heavy atom. The van der Waals surface area contributed by atoms with Crippen molar-refractivity contribution in [2.24, 2.45) is 5.92 Å². The van der Waals surface area contributed by atoms with E-state index in [1.807, 2.05) is 0 Å². The van der Waals surface area contributed by atoms with Crippen LogP contribution in [0.4, 0.5) is 22.0 Å². The molecule has 2 aliphatic rings. The predicted molar refractivity (Wildman–Crippen MR) is 165 cm³/mol. The minimum absolute atomic E-state index is 0.0514. The Morgan fingerprint density at radius 2 is 1.74 bits per heavy atom. The molecule has 0 spiro atoms. The van der Waals surface area contributed by atoms with E-state index in [9.17, 15) is 35.2 Å². The van der Waals surface area contributed by atoms with Crippen molar-refractivity contribution in [3.8, 4) is 11.5 Å². The van der Waals surface area contributed by atoms with Gasteiger partial charge in [-0.05, 0) is 60.2 Å². The predicted octanol–water partition coefficient (Wildman–Crippen LogP) is 8.04. The van der Waals surface area contributed by atoms with Crippen LogP contribution in [-0.2, 0) is 32.2 Å². The lowest BCUT2D eigenvalue weighted by molar-refractivity contribution is -0.150. The second-order valence-corrected chi connectivity index (χ2v) is 14.8. The van der Waals surface area contributed by atoms with E-state index >= 15 is 0 Å². The third-order valence-electron chi connectivity index (χ3n) is 7.21. The van der Waals surface area contributed by atoms with E-state index in [2.05, 4.69) is 9.72 Å². The molecule has 1 aromatic heterocycles. The molecule has 0 bridgehead atoms. The summed E-state index contributed by atoms with van der Waals surface area (Å²) in [7, 11) is -4.89. The summed E-state index contributed by atoms with van der Waals surface area (Å²) in [6.07, 6.45) is -2.08. The first kappa shape index (κ1) is 35.7. The number of ether oxygens (including phenoxy) is 3. The van der Waals surface area contributed by atoms with Gasteiger partial charge in [-0.2, -0.15) is 26.3 Å². The summed E-state index contributed by atoms with van der Waals surface area (Å²) in [6, 6.07) is 6.13. The average Bonchev–Trinajstić information content (AvgIpc) is 3.68. The fourth-order valence-corrected chi connectivity index (χ4v) is 8.66. The number of carbonyl (C=O) groups is 1. The largest absolute Gasteiger partial charge is 0.489 e. The first-order valence-electron chi connectivity index (χ1n) is 13.8. The summed E-state index contributed by atoms with van der Waals surface area (Å²) in [5.41, 5.74) is -0.961. The molecule has 18 heteroatoms. The molecule has 2 aromatic carbocycles. The first-order valence-corrected chi connectivity index (χ1v) is 17.5. The summed E-state index contributed by atoms with van der Waals surface area (Å²) in [4.78, 5) is 16.5. The quantitative estimate of drug-likeness (QED) is 0.135. The van der Waals surface area contributed by atoms with Crippen LogP contribution >= 0.6 is 46.6 Å². The van der Waals surface area contributed by atoms with Gasteiger partial charge in [0.25, 0.3) is 0 Å². The Morgan fingerprint density at radius 3 is 2.38 bits per heavy atom. The fraction of sp³-hybridized carbons (Fsp3) is 0.379. The Bertz CT molecular complexity index is 1730. The lowest BCUT2D eigenvalue weighted by atomic mass is 10.0. The van der Waals surface area contributed by atoms with Gasteiger partial charge < -0.3 is 14.2 Å². The Kier molecular flexibility index (Phi) is 11.0. The molecule has 5 rings (SSSR count). The van der Waals surface area contributed by atoms with Crippen molar-refractivity contribution in [3.05, 3.63) is 80.6 Å². The lowest BCUT2D eigenvalue weighted by Gasteiger charge is -2.26. The van der Waals surface area contributed by atoms with E-state index in [1.54, 1.807) is 0 Å². The molecule has 2 fully saturated rings. The molecule has 3 aromatic rings. The summed E-state index contributed by atoms with van der Waals surface area (Å²) in [6.45, 7) is -3.22. The van der Waals surface area contributed by atoms with Gasteiger partial charge in [0.15, 0.2) is 16.9 Å². The molecular formula is C29H24Cl3F5N2O6S2. The number of thioether (sulfide) groups is 1. The minimum Gasteiger partial charge on any atom is -0.489 e. The molecule has 0 amide bonds. The van der Waals surface area contributed by atoms with Crippen molar-refractivity contribution < 1.29 is 49.4 Å². The normalized spacial score (nSPS) is 17.9. The molecule has 0 radical (unpaired) electrons. The van der Waals surface area contributed by atoms with Crippen LogP contribution in [0.15, 0.2) is 53.7 Å². The van der Waals surface area contributed by atoms with Crippen molar-refractivity contribution in [3.63, 3.8) is 0 Å². The van der Waals surface area contributed by atoms with Crippen molar-refractivity contribution >= 4 is 62.6 Å². The van der Waals surface area contributed by atoms with Gasteiger partial charge in [-0.3, -0.25) is 4.98 Å². The number of aromatic nitrogens is 1. The van der Waals surface area contributed by atoms with Gasteiger partial charge in [0.05, 0.1) is 27.1 Å². The Balaban J connectivity index is 1.49. The number of benzene rings is 2. The molecular weight excluding hydrogens is 738 g/mol. The van der Waals surface area contributed by atoms with Crippen LogP contribution in [0.25, 0.3) is 0 Å². The smallest absolute Gasteiger partial charge is 0.417 e. The summed E-state index contributed by atoms with van der Waals surface area (Å²) >= 11 is 19.3. The van der Waals surface area contributed by atoms with Gasteiger partial charge in [-0.15, -0.1) is 11.8 Å². The van der Waals surface area contributed by atoms with Crippen LogP contribution in [0.2, 0.25) is 15.1 Å². The topological polar surface area (TPSA) is 95.0 Å². The van der Waals surface area contributed by atoms with E-state index in [4.69, 9.17) is 44.3 Å². The van der Waals surface area contributed by atoms with Gasteiger partial charge in [-0.1, -0.05) is 40.9 Å². The molecule has 2 atom stereocenters. The van der Waals surface area contributed by atoms with E-state index in [0.29, 0.717) is 15.9 Å². The van der Waals surface area contributed by atoms with Crippen molar-refractivity contribution in [1.82, 2.24) is 9.29 Å². The summed E-state index contributed by atoms with van der Waals surface area (Å²) in [5.74, 6) is -1.10. The maximum absolute atomic E-state index is 13.8. The molecule has 1 aliphatic heterocycles. The Hall–Kier alpha value is -2.56. The van der Waals surface area contributed by atoms with Crippen LogP contribution in [0.5, 0.6) is 11.5 Å². The van der Waals surface area contributed by atoms with Gasteiger partial charge in [0.1, 0.15) is 6.10 Å². The Labute approximate surface area is 285 Å². The van der Waals surface area contributed by atoms with Crippen molar-refractivity contribution in [1.29, 1.82) is 0 Å². The lowest BCUT2D eigenvalue weighted by Crippen LogP contribution is -2.41. The van der Waals surface area contributed by atoms with Crippen molar-refractivity contribution in [2.75, 3.05) is 18.9 Å². The third kappa shape index (κ3) is 8.54. The molecule has 0 N–H and O–H groups in total. The number of nitrogens with zero attached hydrogens (tertiary/aromatic N) is 2. The number of esters is 1. The number of rotatable bonds is 12. The number of carbonyl (C=O) groups excluding carboxylic acids is 1. The highest BCUT2D eigenvalue weighted by atomic mass is 35.5. The molecule has 8 nitrogen and oxygen atoms in total. The standard InChI is InChI=1S/C29H24Cl3F5N2O6S2/c30-17-4-6-25(19(10-17)29(35,36)37)47(41,42)39-7-8-46-26(39)27(40)44-23(11-18-20(31)12-38-13-21(18)32)16-3-5-22(45-28(33)34)24(9-16)43-14-15-1-2-15/h3-6,9-10,12-13,15,23,26,28H,1-2,7-8,11,14H2/t23-,26-/m0/s1. The molecule has 1 saturated heterocycles. The number of alkyl halides is 5. The minimum atomic E-state index is -5.07. The van der Waals surface area contributed by atoms with Crippen LogP contribution in [0.1, 0.15) is 35.6 Å². The number of hydrogen-bond acceptors (Lipinski definition) is 8. The molecule has 254 valence electrons. The van der Waals surface area contributed by atoms with Gasteiger partial charge >= 0.3 is 18.8 Å². The van der Waals surface area contributed by atoms with Gasteiger partial charge in [-0.25, -0.2) is 13.2 Å². The average molecular weight is 762 g/mol. The second kappa shape index (κ2) is 14.5. The van der Waals surface area contributed by atoms with Crippen LogP contribution in [-0.4, -0.2) is 54.6 Å². The van der Waals surface area contributed by atoms with Gasteiger partial charge in [0.2, 0.25) is 10.0 Å². The zero-order valence-electron chi connectivity index (χ0n) is 23.9. The van der Waals surface area contributed by atoms with Crippen LogP contribution in [0.3, 0.4) is 0 Å². The zero-order valence-corrected chi connectivity index (χ0v) is 27.8. The van der Waals surface area contributed by atoms with E-state index < -0.39 is 50.7 Å². The summed E-state index contributed by atoms with van der Waals surface area (Å²) < 4.78 is 112. The number of pyridine rings is 1. The maximum Gasteiger partial charge on any atom is 0.417 e. The van der Waals surface area contributed by atoms with E-state index in [1.165, 1.54) is 30.6 Å². The fourth-order valence-electron chi connectivity index (χ4n) is 4.73. The molecule has 47 heavy (non-hydrogen) atoms. The SMILES string of the molecule is O=C(O[C@@H](Cc1c(Cl)cncc1Cl)c1ccc(OC(F)F)c(OCC2CC2)c1)[C@@H]1SCCN1S(=O)(=O)c1ccc(Cl)cc1C(F)(F)F. The number of sulfonamides is 1. The molecule has 1 saturated carbocycles. The molecule has 0 unspecified atom stereocenters. The highest BCUT2D eigenvalue weighted by Gasteiger charge is 2.46. The monoisotopic (exact) mass is 760 g/mol. The van der Waals surface area contributed by atoms with Crippen molar-refractivity contribution in [2.45, 2.75) is 48.4 Å². The molecule has 2 heterocycles. The van der Waals surface area contributed by atoms with E-state index in [-0.39, 0.29) is 63.4 Å². The highest BCUT2D eigenvalue weighted by Crippen LogP contribution is 2.41. The van der Waals surface area contributed by atoms with E-state index in [0.717, 1.165) is 36.7 Å². The first-order chi connectivity index (χ1) is 22.1. The van der Waals surface area contributed by atoms with Crippen LogP contribution < -0.4 is 9.47 Å². The highest BCUT2D eigenvalue weighted by molar-refractivity contribution is 8.02. The maximum atomic E-state index is 13.8. The third-order valence-corrected chi connectivity index (χ3v) is 11.3. The van der Waals surface area contributed by atoms with Gasteiger partial charge in [0, 0.05) is 36.1 Å². The number of halogens is 8. The zero-order chi connectivity index (χ0) is 34.1. The molecule has 1 aliphatic carbocycles. The van der Waals surface area contributed by atoms with Crippen LogP contribution in [0, 0.1) is 5.92 Å². The summed E-state index contributed by atoms with van der Waals surface area (Å²) in [5, 5.41) is -1.68. The second-order valence-electron chi connectivity index (χ2n) is 10.5.